The number of piperidine rings is 1. The second-order valence-electron chi connectivity index (χ2n) is 8.49. The Hall–Kier alpha value is -4.15. The first kappa shape index (κ1) is 21.7. The van der Waals surface area contributed by atoms with Crippen LogP contribution in [-0.2, 0) is 11.8 Å². The smallest absolute Gasteiger partial charge is 0.290 e. The zero-order valence-corrected chi connectivity index (χ0v) is 19.2. The summed E-state index contributed by atoms with van der Waals surface area (Å²) in [6.07, 6.45) is 5.13. The lowest BCUT2D eigenvalue weighted by molar-refractivity contribution is -0.126. The molecule has 2 aromatic heterocycles. The van der Waals surface area contributed by atoms with Crippen molar-refractivity contribution in [1.82, 2.24) is 19.5 Å². The third kappa shape index (κ3) is 3.68. The van der Waals surface area contributed by atoms with Crippen molar-refractivity contribution < 1.29 is 14.3 Å². The molecule has 3 aromatic rings. The molecule has 176 valence electrons. The minimum absolute atomic E-state index is 0.00883. The molecule has 2 aliphatic rings. The molecule has 1 saturated heterocycles. The Morgan fingerprint density at radius 1 is 1.18 bits per heavy atom. The molecule has 0 saturated carbocycles. The molecule has 2 amide bonds. The maximum atomic E-state index is 13.0. The minimum Gasteiger partial charge on any atom is -0.496 e. The fourth-order valence-corrected chi connectivity index (χ4v) is 4.38. The number of carbonyl (C=O) groups excluding carboxylic acids is 2. The third-order valence-corrected chi connectivity index (χ3v) is 6.35. The first-order chi connectivity index (χ1) is 16.4. The molecule has 2 aliphatic heterocycles. The van der Waals surface area contributed by atoms with Gasteiger partial charge in [0.2, 0.25) is 0 Å². The van der Waals surface area contributed by atoms with E-state index in [-0.39, 0.29) is 23.1 Å². The number of hydrazone groups is 1. The molecule has 0 unspecified atom stereocenters. The van der Waals surface area contributed by atoms with Crippen molar-refractivity contribution in [1.29, 1.82) is 0 Å². The average molecular weight is 463 g/mol. The van der Waals surface area contributed by atoms with Crippen LogP contribution in [0.4, 0.5) is 5.69 Å². The molecule has 11 heteroatoms. The van der Waals surface area contributed by atoms with Crippen LogP contribution in [-0.4, -0.2) is 64.2 Å². The van der Waals surface area contributed by atoms with Gasteiger partial charge in [-0.3, -0.25) is 19.4 Å². The van der Waals surface area contributed by atoms with Crippen molar-refractivity contribution in [3.63, 3.8) is 0 Å². The molecule has 5 rings (SSSR count). The van der Waals surface area contributed by atoms with Gasteiger partial charge in [-0.15, -0.1) is 0 Å². The van der Waals surface area contributed by atoms with Crippen molar-refractivity contribution in [3.05, 3.63) is 52.6 Å². The Bertz CT molecular complexity index is 1380. The summed E-state index contributed by atoms with van der Waals surface area (Å²) in [7, 11) is 4.78. The van der Waals surface area contributed by atoms with Crippen molar-refractivity contribution in [3.8, 4) is 5.75 Å². The quantitative estimate of drug-likeness (QED) is 0.608. The van der Waals surface area contributed by atoms with Gasteiger partial charge in [-0.25, -0.2) is 5.01 Å². The van der Waals surface area contributed by atoms with Crippen molar-refractivity contribution in [2.24, 2.45) is 18.1 Å². The summed E-state index contributed by atoms with van der Waals surface area (Å²) in [4.78, 5) is 39.0. The van der Waals surface area contributed by atoms with Crippen LogP contribution in [0.3, 0.4) is 0 Å². The highest BCUT2D eigenvalue weighted by Gasteiger charge is 2.35. The molecule has 1 fully saturated rings. The van der Waals surface area contributed by atoms with Crippen LogP contribution in [0.25, 0.3) is 10.9 Å². The number of benzene rings is 1. The van der Waals surface area contributed by atoms with Gasteiger partial charge in [0.1, 0.15) is 17.1 Å². The molecule has 4 heterocycles. The summed E-state index contributed by atoms with van der Waals surface area (Å²) in [5.41, 5.74) is 1.56. The highest BCUT2D eigenvalue weighted by molar-refractivity contribution is 6.43. The molecule has 0 atom stereocenters. The van der Waals surface area contributed by atoms with Gasteiger partial charge in [-0.05, 0) is 31.0 Å². The number of anilines is 1. The van der Waals surface area contributed by atoms with E-state index in [9.17, 15) is 14.4 Å². The van der Waals surface area contributed by atoms with E-state index in [4.69, 9.17) is 4.74 Å². The SMILES string of the molecule is COc1cc2nn(N3CCC(C4=NN(C)C4=O)CC3)cc2cc1C(=O)Nc1cccn(C)c1=O. The van der Waals surface area contributed by atoms with E-state index in [1.165, 1.54) is 16.7 Å². The van der Waals surface area contributed by atoms with Crippen LogP contribution in [0.15, 0.2) is 46.6 Å². The van der Waals surface area contributed by atoms with Gasteiger partial charge in [0, 0.05) is 50.8 Å². The molecule has 0 radical (unpaired) electrons. The zero-order valence-electron chi connectivity index (χ0n) is 19.2. The molecule has 0 aliphatic carbocycles. The van der Waals surface area contributed by atoms with Crippen LogP contribution < -0.4 is 20.6 Å². The van der Waals surface area contributed by atoms with Crippen LogP contribution >= 0.6 is 0 Å². The Balaban J connectivity index is 1.36. The molecule has 0 spiro atoms. The number of ether oxygens (including phenoxy) is 1. The van der Waals surface area contributed by atoms with Crippen LogP contribution in [0.2, 0.25) is 0 Å². The number of nitrogens with one attached hydrogen (secondary N) is 1. The maximum absolute atomic E-state index is 13.0. The number of aromatic nitrogens is 3. The normalized spacial score (nSPS) is 16.4. The number of carbonyl (C=O) groups is 2. The molecule has 1 N–H and O–H groups in total. The monoisotopic (exact) mass is 463 g/mol. The Kier molecular flexibility index (Phi) is 5.31. The minimum atomic E-state index is -0.438. The van der Waals surface area contributed by atoms with Gasteiger partial charge in [-0.1, -0.05) is 0 Å². The Morgan fingerprint density at radius 3 is 2.62 bits per heavy atom. The zero-order chi connectivity index (χ0) is 24.0. The van der Waals surface area contributed by atoms with Gasteiger partial charge in [0.15, 0.2) is 0 Å². The molecular formula is C23H25N7O4. The number of methoxy groups -OCH3 is 1. The van der Waals surface area contributed by atoms with Crippen molar-refractivity contribution >= 4 is 34.1 Å². The fourth-order valence-electron chi connectivity index (χ4n) is 4.38. The summed E-state index contributed by atoms with van der Waals surface area (Å²) in [6, 6.07) is 6.68. The number of nitrogens with zero attached hydrogens (tertiary/aromatic N) is 6. The molecule has 34 heavy (non-hydrogen) atoms. The van der Waals surface area contributed by atoms with Gasteiger partial charge in [-0.2, -0.15) is 15.0 Å². The topological polar surface area (TPSA) is 114 Å². The van der Waals surface area contributed by atoms with E-state index >= 15 is 0 Å². The summed E-state index contributed by atoms with van der Waals surface area (Å²) >= 11 is 0. The number of rotatable bonds is 5. The van der Waals surface area contributed by atoms with E-state index in [0.717, 1.165) is 31.3 Å². The van der Waals surface area contributed by atoms with Crippen molar-refractivity contribution in [2.75, 3.05) is 37.6 Å². The van der Waals surface area contributed by atoms with Crippen LogP contribution in [0.1, 0.15) is 23.2 Å². The van der Waals surface area contributed by atoms with Crippen LogP contribution in [0.5, 0.6) is 5.75 Å². The first-order valence-electron chi connectivity index (χ1n) is 11.0. The summed E-state index contributed by atoms with van der Waals surface area (Å²) in [5.74, 6) is 0.111. The highest BCUT2D eigenvalue weighted by Crippen LogP contribution is 2.27. The van der Waals surface area contributed by atoms with E-state index in [0.29, 0.717) is 22.5 Å². The number of hydrogen-bond acceptors (Lipinski definition) is 7. The van der Waals surface area contributed by atoms with Gasteiger partial charge in [0.05, 0.1) is 24.4 Å². The highest BCUT2D eigenvalue weighted by atomic mass is 16.5. The van der Waals surface area contributed by atoms with E-state index in [1.54, 1.807) is 49.3 Å². The second kappa shape index (κ2) is 8.32. The summed E-state index contributed by atoms with van der Waals surface area (Å²) < 4.78 is 6.84. The number of pyridine rings is 1. The predicted molar refractivity (Wildman–Crippen MR) is 127 cm³/mol. The largest absolute Gasteiger partial charge is 0.496 e. The standard InChI is InChI=1S/C23H25N7O4/c1-27-8-4-5-17(22(27)32)24-21(31)16-11-15-13-30(25-18(15)12-19(16)34-3)29-9-6-14(7-10-29)20-23(33)28(2)26-20/h4-5,8,11-14H,6-7,9-10H2,1-3H3,(H,24,31). The lowest BCUT2D eigenvalue weighted by Gasteiger charge is -2.36. The van der Waals surface area contributed by atoms with Gasteiger partial charge in [0.25, 0.3) is 17.4 Å². The summed E-state index contributed by atoms with van der Waals surface area (Å²) in [6.45, 7) is 1.47. The molecule has 11 nitrogen and oxygen atoms in total. The van der Waals surface area contributed by atoms with E-state index in [1.807, 2.05) is 6.20 Å². The van der Waals surface area contributed by atoms with E-state index < -0.39 is 5.91 Å². The molecular weight excluding hydrogens is 438 g/mol. The first-order valence-corrected chi connectivity index (χ1v) is 11.0. The van der Waals surface area contributed by atoms with Crippen LogP contribution in [0, 0.1) is 5.92 Å². The third-order valence-electron chi connectivity index (χ3n) is 6.35. The number of hydrogen-bond donors (Lipinski definition) is 1. The average Bonchev–Trinajstić information content (AvgIpc) is 3.27. The number of fused-ring (bicyclic) bond motifs is 1. The van der Waals surface area contributed by atoms with E-state index in [2.05, 4.69) is 20.5 Å². The second-order valence-corrected chi connectivity index (χ2v) is 8.49. The predicted octanol–water partition coefficient (Wildman–Crippen LogP) is 1.17. The number of aryl methyl sites for hydroxylation is 1. The lowest BCUT2D eigenvalue weighted by atomic mass is 9.91. The number of amides is 2. The molecule has 1 aromatic carbocycles. The maximum Gasteiger partial charge on any atom is 0.290 e. The lowest BCUT2D eigenvalue weighted by Crippen LogP contribution is -2.49. The Morgan fingerprint density at radius 2 is 1.94 bits per heavy atom. The fraction of sp³-hybridized carbons (Fsp3) is 0.348. The Labute approximate surface area is 195 Å². The summed E-state index contributed by atoms with van der Waals surface area (Å²) in [5, 5.41) is 15.8. The molecule has 0 bridgehead atoms. The van der Waals surface area contributed by atoms with Crippen molar-refractivity contribution in [2.45, 2.75) is 12.8 Å². The van der Waals surface area contributed by atoms with Gasteiger partial charge < -0.3 is 14.6 Å². The van der Waals surface area contributed by atoms with Gasteiger partial charge >= 0.3 is 0 Å².